The van der Waals surface area contributed by atoms with Gasteiger partial charge in [0.2, 0.25) is 0 Å². The van der Waals surface area contributed by atoms with Crippen molar-refractivity contribution in [3.05, 3.63) is 36.2 Å². The zero-order valence-electron chi connectivity index (χ0n) is 11.6. The number of pyridine rings is 1. The van der Waals surface area contributed by atoms with Gasteiger partial charge in [-0.3, -0.25) is 4.79 Å². The number of aliphatic carboxylic acids is 1. The lowest BCUT2D eigenvalue weighted by molar-refractivity contribution is -0.133. The van der Waals surface area contributed by atoms with Gasteiger partial charge in [0.05, 0.1) is 11.4 Å². The van der Waals surface area contributed by atoms with Gasteiger partial charge in [-0.05, 0) is 31.0 Å². The molecule has 0 aliphatic heterocycles. The molecule has 2 heterocycles. The van der Waals surface area contributed by atoms with Crippen molar-refractivity contribution in [1.82, 2.24) is 14.8 Å². The molecule has 0 atom stereocenters. The van der Waals surface area contributed by atoms with Gasteiger partial charge in [-0.2, -0.15) is 5.10 Å². The van der Waals surface area contributed by atoms with Crippen LogP contribution in [0.5, 0.6) is 0 Å². The van der Waals surface area contributed by atoms with Crippen molar-refractivity contribution in [2.75, 3.05) is 5.75 Å². The van der Waals surface area contributed by atoms with E-state index in [1.54, 1.807) is 10.9 Å². The number of hydrogen-bond acceptors (Lipinski definition) is 4. The molecule has 2 aromatic heterocycles. The molecule has 21 heavy (non-hydrogen) atoms. The molecule has 0 spiro atoms. The highest BCUT2D eigenvalue weighted by atomic mass is 32.2. The van der Waals surface area contributed by atoms with E-state index < -0.39 is 5.97 Å². The normalized spacial score (nSPS) is 15.4. The fourth-order valence-corrected chi connectivity index (χ4v) is 3.42. The van der Waals surface area contributed by atoms with E-state index in [0.717, 1.165) is 16.5 Å². The minimum atomic E-state index is -0.823. The molecule has 0 radical (unpaired) electrons. The average Bonchev–Trinajstić information content (AvgIpc) is 3.15. The predicted octanol–water partition coefficient (Wildman–Crippen LogP) is 3.10. The summed E-state index contributed by atoms with van der Waals surface area (Å²) in [6.45, 7) is 0. The fraction of sp³-hybridized carbons (Fsp3) is 0.400. The predicted molar refractivity (Wildman–Crippen MR) is 80.9 cm³/mol. The number of carboxylic acid groups (broad SMARTS) is 1. The maximum atomic E-state index is 10.8. The van der Waals surface area contributed by atoms with Gasteiger partial charge >= 0.3 is 5.97 Å². The minimum Gasteiger partial charge on any atom is -0.481 e. The van der Waals surface area contributed by atoms with Crippen LogP contribution in [0.25, 0.3) is 5.82 Å². The largest absolute Gasteiger partial charge is 0.481 e. The Balaban J connectivity index is 1.93. The molecule has 0 bridgehead atoms. The maximum absolute atomic E-state index is 10.8. The Morgan fingerprint density at radius 1 is 1.38 bits per heavy atom. The monoisotopic (exact) mass is 303 g/mol. The van der Waals surface area contributed by atoms with Crippen LogP contribution in [0.3, 0.4) is 0 Å². The molecule has 1 saturated carbocycles. The summed E-state index contributed by atoms with van der Waals surface area (Å²) < 4.78 is 1.77. The molecule has 6 heteroatoms. The number of aromatic nitrogens is 3. The topological polar surface area (TPSA) is 68.0 Å². The summed E-state index contributed by atoms with van der Waals surface area (Å²) in [7, 11) is 0. The van der Waals surface area contributed by atoms with Crippen molar-refractivity contribution in [3.63, 3.8) is 0 Å². The van der Waals surface area contributed by atoms with Crippen LogP contribution in [0.1, 0.15) is 37.3 Å². The summed E-state index contributed by atoms with van der Waals surface area (Å²) in [5, 5.41) is 14.4. The molecule has 1 aliphatic carbocycles. The van der Waals surface area contributed by atoms with Gasteiger partial charge in [0.15, 0.2) is 5.82 Å². The van der Waals surface area contributed by atoms with Crippen molar-refractivity contribution in [1.29, 1.82) is 0 Å². The van der Waals surface area contributed by atoms with Crippen molar-refractivity contribution in [2.45, 2.75) is 36.6 Å². The van der Waals surface area contributed by atoms with Crippen LogP contribution in [0.2, 0.25) is 0 Å². The van der Waals surface area contributed by atoms with Crippen LogP contribution in [0.15, 0.2) is 35.5 Å². The second kappa shape index (κ2) is 6.30. The summed E-state index contributed by atoms with van der Waals surface area (Å²) in [6.07, 6.45) is 6.56. The third-order valence-electron chi connectivity index (χ3n) is 3.68. The lowest BCUT2D eigenvalue weighted by atomic mass is 10.1. The Labute approximate surface area is 127 Å². The molecule has 0 unspecified atom stereocenters. The van der Waals surface area contributed by atoms with E-state index in [-0.39, 0.29) is 5.75 Å². The Bertz CT molecular complexity index is 621. The van der Waals surface area contributed by atoms with Gasteiger partial charge in [0, 0.05) is 12.1 Å². The summed E-state index contributed by atoms with van der Waals surface area (Å²) >= 11 is 1.29. The van der Waals surface area contributed by atoms with E-state index in [0.29, 0.717) is 5.92 Å². The van der Waals surface area contributed by atoms with Crippen LogP contribution in [-0.2, 0) is 4.79 Å². The Hall–Kier alpha value is -1.82. The molecule has 5 nitrogen and oxygen atoms in total. The Morgan fingerprint density at radius 3 is 2.86 bits per heavy atom. The molecule has 1 fully saturated rings. The SMILES string of the molecule is O=C(O)CSc1cc(C2CCCC2)nn1-c1ccccn1. The zero-order valence-corrected chi connectivity index (χ0v) is 12.4. The van der Waals surface area contributed by atoms with Gasteiger partial charge < -0.3 is 5.11 Å². The van der Waals surface area contributed by atoms with Crippen LogP contribution in [0, 0.1) is 0 Å². The van der Waals surface area contributed by atoms with Gasteiger partial charge in [-0.15, -0.1) is 0 Å². The highest BCUT2D eigenvalue weighted by Gasteiger charge is 2.22. The number of nitrogens with zero attached hydrogens (tertiary/aromatic N) is 3. The number of carbonyl (C=O) groups is 1. The van der Waals surface area contributed by atoms with Crippen LogP contribution in [0.4, 0.5) is 0 Å². The van der Waals surface area contributed by atoms with Crippen LogP contribution in [-0.4, -0.2) is 31.6 Å². The molecule has 3 rings (SSSR count). The van der Waals surface area contributed by atoms with Crippen molar-refractivity contribution in [3.8, 4) is 5.82 Å². The maximum Gasteiger partial charge on any atom is 0.313 e. The standard InChI is InChI=1S/C15H17N3O2S/c19-15(20)10-21-14-9-12(11-5-1-2-6-11)17-18(14)13-7-3-4-8-16-13/h3-4,7-9,11H,1-2,5-6,10H2,(H,19,20). The van der Waals surface area contributed by atoms with E-state index >= 15 is 0 Å². The van der Waals surface area contributed by atoms with Gasteiger partial charge in [0.1, 0.15) is 5.03 Å². The molecular weight excluding hydrogens is 286 g/mol. The average molecular weight is 303 g/mol. The van der Waals surface area contributed by atoms with Crippen molar-refractivity contribution >= 4 is 17.7 Å². The molecule has 0 aromatic carbocycles. The third kappa shape index (κ3) is 3.26. The van der Waals surface area contributed by atoms with Crippen molar-refractivity contribution in [2.24, 2.45) is 0 Å². The molecule has 0 amide bonds. The lowest BCUT2D eigenvalue weighted by Gasteiger charge is -2.05. The van der Waals surface area contributed by atoms with E-state index in [1.807, 2.05) is 24.3 Å². The van der Waals surface area contributed by atoms with Crippen LogP contribution < -0.4 is 0 Å². The van der Waals surface area contributed by atoms with Gasteiger partial charge in [-0.1, -0.05) is 30.7 Å². The number of thioether (sulfide) groups is 1. The quantitative estimate of drug-likeness (QED) is 0.860. The van der Waals surface area contributed by atoms with Crippen molar-refractivity contribution < 1.29 is 9.90 Å². The second-order valence-electron chi connectivity index (χ2n) is 5.17. The molecule has 1 aliphatic rings. The smallest absolute Gasteiger partial charge is 0.313 e. The van der Waals surface area contributed by atoms with Gasteiger partial charge in [-0.25, -0.2) is 9.67 Å². The fourth-order valence-electron chi connectivity index (χ4n) is 2.68. The number of rotatable bonds is 5. The molecule has 1 N–H and O–H groups in total. The Morgan fingerprint density at radius 2 is 2.19 bits per heavy atom. The molecular formula is C15H17N3O2S. The Kier molecular flexibility index (Phi) is 4.24. The third-order valence-corrected chi connectivity index (χ3v) is 4.66. The van der Waals surface area contributed by atoms with Crippen LogP contribution >= 0.6 is 11.8 Å². The second-order valence-corrected chi connectivity index (χ2v) is 6.17. The highest BCUT2D eigenvalue weighted by molar-refractivity contribution is 7.99. The summed E-state index contributed by atoms with van der Waals surface area (Å²) in [5.41, 5.74) is 1.06. The molecule has 110 valence electrons. The highest BCUT2D eigenvalue weighted by Crippen LogP contribution is 2.35. The summed E-state index contributed by atoms with van der Waals surface area (Å²) in [4.78, 5) is 15.1. The summed E-state index contributed by atoms with van der Waals surface area (Å²) in [5.74, 6) is 0.438. The van der Waals surface area contributed by atoms with E-state index in [2.05, 4.69) is 10.1 Å². The number of carboxylic acids is 1. The first-order chi connectivity index (χ1) is 10.2. The first-order valence-corrected chi connectivity index (χ1v) is 8.08. The summed E-state index contributed by atoms with van der Waals surface area (Å²) in [6, 6.07) is 7.67. The lowest BCUT2D eigenvalue weighted by Crippen LogP contribution is -2.04. The molecule has 0 saturated heterocycles. The van der Waals surface area contributed by atoms with Gasteiger partial charge in [0.25, 0.3) is 0 Å². The molecule has 2 aromatic rings. The minimum absolute atomic E-state index is 0.0304. The van der Waals surface area contributed by atoms with E-state index in [9.17, 15) is 4.79 Å². The first-order valence-electron chi connectivity index (χ1n) is 7.10. The first kappa shape index (κ1) is 14.1. The van der Waals surface area contributed by atoms with E-state index in [4.69, 9.17) is 5.11 Å². The van der Waals surface area contributed by atoms with E-state index in [1.165, 1.54) is 37.4 Å². The zero-order chi connectivity index (χ0) is 14.7. The number of hydrogen-bond donors (Lipinski definition) is 1.